The molecule has 2 atom stereocenters. The van der Waals surface area contributed by atoms with Crippen LogP contribution in [0.1, 0.15) is 34.5 Å². The average Bonchev–Trinajstić information content (AvgIpc) is 2.84. The van der Waals surface area contributed by atoms with Gasteiger partial charge in [0.15, 0.2) is 5.78 Å². The molecule has 5 heteroatoms. The molecular formula is C12H13BrO3S. The van der Waals surface area contributed by atoms with Crippen LogP contribution in [-0.2, 0) is 4.79 Å². The molecule has 1 fully saturated rings. The number of Topliss-reactive ketones (excluding diaryl/α,β-unsaturated/α-hetero) is 1. The lowest BCUT2D eigenvalue weighted by Crippen LogP contribution is -2.14. The molecule has 0 bridgehead atoms. The second-order valence-electron chi connectivity index (χ2n) is 4.43. The van der Waals surface area contributed by atoms with Crippen LogP contribution in [0.3, 0.4) is 0 Å². The van der Waals surface area contributed by atoms with E-state index in [2.05, 4.69) is 15.9 Å². The van der Waals surface area contributed by atoms with Gasteiger partial charge in [-0.2, -0.15) is 0 Å². The number of hydrogen-bond donors (Lipinski definition) is 1. The zero-order valence-electron chi connectivity index (χ0n) is 9.40. The second-order valence-corrected chi connectivity index (χ2v) is 7.07. The van der Waals surface area contributed by atoms with Crippen LogP contribution in [0.4, 0.5) is 0 Å². The van der Waals surface area contributed by atoms with E-state index in [-0.39, 0.29) is 17.6 Å². The van der Waals surface area contributed by atoms with Crippen LogP contribution in [-0.4, -0.2) is 16.9 Å². The molecule has 1 heterocycles. The lowest BCUT2D eigenvalue weighted by molar-refractivity contribution is -0.141. The van der Waals surface area contributed by atoms with Crippen LogP contribution < -0.4 is 0 Å². The number of ketones is 1. The maximum Gasteiger partial charge on any atom is 0.306 e. The van der Waals surface area contributed by atoms with Crippen LogP contribution in [0.25, 0.3) is 0 Å². The van der Waals surface area contributed by atoms with Crippen molar-refractivity contribution in [1.29, 1.82) is 0 Å². The number of aryl methyl sites for hydroxylation is 1. The molecule has 1 aliphatic rings. The Hall–Kier alpha value is -0.680. The molecule has 3 nitrogen and oxygen atoms in total. The van der Waals surface area contributed by atoms with Gasteiger partial charge in [0.1, 0.15) is 0 Å². The van der Waals surface area contributed by atoms with Gasteiger partial charge in [0.25, 0.3) is 0 Å². The van der Waals surface area contributed by atoms with Crippen LogP contribution in [0.5, 0.6) is 0 Å². The minimum atomic E-state index is -0.775. The summed E-state index contributed by atoms with van der Waals surface area (Å²) in [6.45, 7) is 1.92. The van der Waals surface area contributed by atoms with Crippen molar-refractivity contribution in [2.24, 2.45) is 11.8 Å². The summed E-state index contributed by atoms with van der Waals surface area (Å²) in [5.41, 5.74) is 0.748. The number of thiophene rings is 1. The van der Waals surface area contributed by atoms with Crippen molar-refractivity contribution in [3.63, 3.8) is 0 Å². The fourth-order valence-electron chi connectivity index (χ4n) is 2.35. The first-order valence-electron chi connectivity index (χ1n) is 5.52. The Morgan fingerprint density at radius 1 is 1.41 bits per heavy atom. The normalized spacial score (nSPS) is 23.9. The minimum absolute atomic E-state index is 0.105. The highest BCUT2D eigenvalue weighted by Crippen LogP contribution is 2.36. The first-order valence-corrected chi connectivity index (χ1v) is 7.13. The summed E-state index contributed by atoms with van der Waals surface area (Å²) >= 11 is 4.91. The largest absolute Gasteiger partial charge is 0.481 e. The second kappa shape index (κ2) is 4.90. The molecule has 0 saturated heterocycles. The van der Waals surface area contributed by atoms with Crippen molar-refractivity contribution in [2.75, 3.05) is 0 Å². The van der Waals surface area contributed by atoms with E-state index in [0.29, 0.717) is 19.3 Å². The Morgan fingerprint density at radius 2 is 2.06 bits per heavy atom. The molecule has 17 heavy (non-hydrogen) atoms. The highest BCUT2D eigenvalue weighted by Gasteiger charge is 2.34. The zero-order valence-corrected chi connectivity index (χ0v) is 11.8. The molecule has 1 saturated carbocycles. The maximum atomic E-state index is 12.2. The van der Waals surface area contributed by atoms with Crippen LogP contribution in [0, 0.1) is 18.8 Å². The summed E-state index contributed by atoms with van der Waals surface area (Å²) in [5.74, 6) is -1.13. The fourth-order valence-corrected chi connectivity index (χ4v) is 4.05. The van der Waals surface area contributed by atoms with Crippen molar-refractivity contribution in [2.45, 2.75) is 26.2 Å². The summed E-state index contributed by atoms with van der Waals surface area (Å²) < 4.78 is 0.950. The number of halogens is 1. The molecule has 1 N–H and O–H groups in total. The SMILES string of the molecule is Cc1sc(Br)cc1C(=O)C1CCC(C(=O)O)C1. The highest BCUT2D eigenvalue weighted by molar-refractivity contribution is 9.11. The predicted molar refractivity (Wildman–Crippen MR) is 69.6 cm³/mol. The molecular weight excluding hydrogens is 304 g/mol. The first-order chi connectivity index (χ1) is 7.99. The zero-order chi connectivity index (χ0) is 12.6. The summed E-state index contributed by atoms with van der Waals surface area (Å²) in [5, 5.41) is 8.93. The molecule has 0 radical (unpaired) electrons. The van der Waals surface area contributed by atoms with Gasteiger partial charge in [0.05, 0.1) is 9.70 Å². The van der Waals surface area contributed by atoms with Crippen LogP contribution in [0.2, 0.25) is 0 Å². The van der Waals surface area contributed by atoms with E-state index in [0.717, 1.165) is 14.2 Å². The van der Waals surface area contributed by atoms with Gasteiger partial charge in [-0.1, -0.05) is 0 Å². The van der Waals surface area contributed by atoms with Gasteiger partial charge in [0, 0.05) is 16.4 Å². The Labute approximate surface area is 112 Å². The van der Waals surface area contributed by atoms with Gasteiger partial charge in [-0.3, -0.25) is 9.59 Å². The van der Waals surface area contributed by atoms with E-state index < -0.39 is 5.97 Å². The molecule has 0 amide bonds. The van der Waals surface area contributed by atoms with Crippen molar-refractivity contribution in [1.82, 2.24) is 0 Å². The number of hydrogen-bond acceptors (Lipinski definition) is 3. The number of rotatable bonds is 3. The average molecular weight is 317 g/mol. The van der Waals surface area contributed by atoms with Crippen molar-refractivity contribution >= 4 is 39.0 Å². The quantitative estimate of drug-likeness (QED) is 0.868. The van der Waals surface area contributed by atoms with E-state index in [1.165, 1.54) is 0 Å². The highest BCUT2D eigenvalue weighted by atomic mass is 79.9. The molecule has 0 spiro atoms. The topological polar surface area (TPSA) is 54.4 Å². The van der Waals surface area contributed by atoms with Gasteiger partial charge >= 0.3 is 5.97 Å². The summed E-state index contributed by atoms with van der Waals surface area (Å²) in [6, 6.07) is 1.84. The number of carbonyl (C=O) groups excluding carboxylic acids is 1. The van der Waals surface area contributed by atoms with E-state index in [9.17, 15) is 9.59 Å². The molecule has 0 aromatic carbocycles. The van der Waals surface area contributed by atoms with E-state index in [1.54, 1.807) is 11.3 Å². The third kappa shape index (κ3) is 2.60. The molecule has 1 aromatic rings. The standard InChI is InChI=1S/C12H13BrO3S/c1-6-9(5-10(13)17-6)11(14)7-2-3-8(4-7)12(15)16/h5,7-8H,2-4H2,1H3,(H,15,16). The molecule has 2 rings (SSSR count). The van der Waals surface area contributed by atoms with Gasteiger partial charge < -0.3 is 5.11 Å². The van der Waals surface area contributed by atoms with Crippen LogP contribution in [0.15, 0.2) is 9.85 Å². The first kappa shape index (κ1) is 12.8. The summed E-state index contributed by atoms with van der Waals surface area (Å²) in [7, 11) is 0. The summed E-state index contributed by atoms with van der Waals surface area (Å²) in [4.78, 5) is 24.1. The van der Waals surface area contributed by atoms with Gasteiger partial charge in [-0.15, -0.1) is 11.3 Å². The van der Waals surface area contributed by atoms with Gasteiger partial charge in [-0.25, -0.2) is 0 Å². The van der Waals surface area contributed by atoms with Gasteiger partial charge in [0.2, 0.25) is 0 Å². The maximum absolute atomic E-state index is 12.2. The Bertz CT molecular complexity index is 466. The fraction of sp³-hybridized carbons (Fsp3) is 0.500. The third-order valence-electron chi connectivity index (χ3n) is 3.31. The van der Waals surface area contributed by atoms with Crippen molar-refractivity contribution < 1.29 is 14.7 Å². The number of carboxylic acids is 1. The van der Waals surface area contributed by atoms with Crippen LogP contribution >= 0.6 is 27.3 Å². The Morgan fingerprint density at radius 3 is 2.53 bits per heavy atom. The number of carboxylic acid groups (broad SMARTS) is 1. The smallest absolute Gasteiger partial charge is 0.306 e. The van der Waals surface area contributed by atoms with E-state index in [4.69, 9.17) is 5.11 Å². The number of aliphatic carboxylic acids is 1. The van der Waals surface area contributed by atoms with Crippen molar-refractivity contribution in [3.05, 3.63) is 20.3 Å². The van der Waals surface area contributed by atoms with E-state index >= 15 is 0 Å². The summed E-state index contributed by atoms with van der Waals surface area (Å²) in [6.07, 6.45) is 1.81. The minimum Gasteiger partial charge on any atom is -0.481 e. The molecule has 1 aromatic heterocycles. The van der Waals surface area contributed by atoms with Crippen molar-refractivity contribution in [3.8, 4) is 0 Å². The Balaban J connectivity index is 2.12. The third-order valence-corrected chi connectivity index (χ3v) is 4.86. The van der Waals surface area contributed by atoms with Gasteiger partial charge in [-0.05, 0) is 48.2 Å². The predicted octanol–water partition coefficient (Wildman–Crippen LogP) is 3.50. The molecule has 92 valence electrons. The number of carbonyl (C=O) groups is 2. The lowest BCUT2D eigenvalue weighted by atomic mass is 9.95. The monoisotopic (exact) mass is 316 g/mol. The lowest BCUT2D eigenvalue weighted by Gasteiger charge is -2.07. The molecule has 2 unspecified atom stereocenters. The molecule has 1 aliphatic carbocycles. The Kier molecular flexibility index (Phi) is 3.68. The molecule has 0 aliphatic heterocycles. The van der Waals surface area contributed by atoms with E-state index in [1.807, 2.05) is 13.0 Å².